The lowest BCUT2D eigenvalue weighted by Crippen LogP contribution is -2.46. The number of nitrogens with one attached hydrogen (secondary N) is 2. The van der Waals surface area contributed by atoms with E-state index < -0.39 is 0 Å². The fourth-order valence-corrected chi connectivity index (χ4v) is 3.19. The van der Waals surface area contributed by atoms with Crippen molar-refractivity contribution in [2.75, 3.05) is 25.5 Å². The van der Waals surface area contributed by atoms with Crippen molar-refractivity contribution in [3.8, 4) is 0 Å². The Morgan fingerprint density at radius 3 is 2.42 bits per heavy atom. The van der Waals surface area contributed by atoms with Crippen molar-refractivity contribution in [3.63, 3.8) is 0 Å². The van der Waals surface area contributed by atoms with Crippen LogP contribution in [0.3, 0.4) is 0 Å². The van der Waals surface area contributed by atoms with Gasteiger partial charge in [0.2, 0.25) is 11.8 Å². The van der Waals surface area contributed by atoms with Crippen LogP contribution in [0.5, 0.6) is 0 Å². The SMILES string of the molecule is CC1CCCCC1NC(=O)CN(C)CC(=O)Nc1ccc(Cl)cc1. The molecule has 0 bridgehead atoms. The first-order valence-corrected chi connectivity index (χ1v) is 8.85. The molecule has 1 fully saturated rings. The normalized spacial score (nSPS) is 20.7. The first kappa shape index (κ1) is 18.7. The second-order valence-electron chi connectivity index (χ2n) is 6.66. The summed E-state index contributed by atoms with van der Waals surface area (Å²) in [4.78, 5) is 25.9. The number of likely N-dealkylation sites (N-methyl/N-ethyl adjacent to an activating group) is 1. The summed E-state index contributed by atoms with van der Waals surface area (Å²) in [6.45, 7) is 2.57. The molecule has 24 heavy (non-hydrogen) atoms. The number of hydrogen-bond acceptors (Lipinski definition) is 3. The predicted octanol–water partition coefficient (Wildman–Crippen LogP) is 2.91. The minimum absolute atomic E-state index is 0.0180. The number of carbonyl (C=O) groups is 2. The maximum absolute atomic E-state index is 12.1. The van der Waals surface area contributed by atoms with Crippen molar-refractivity contribution >= 4 is 29.1 Å². The molecule has 2 N–H and O–H groups in total. The maximum Gasteiger partial charge on any atom is 0.238 e. The second-order valence-corrected chi connectivity index (χ2v) is 7.10. The lowest BCUT2D eigenvalue weighted by atomic mass is 9.86. The number of anilines is 1. The summed E-state index contributed by atoms with van der Waals surface area (Å²) in [6, 6.07) is 7.20. The van der Waals surface area contributed by atoms with Gasteiger partial charge < -0.3 is 10.6 Å². The monoisotopic (exact) mass is 351 g/mol. The standard InChI is InChI=1S/C18H26ClN3O2/c1-13-5-3-4-6-16(13)21-18(24)12-22(2)11-17(23)20-15-9-7-14(19)8-10-15/h7-10,13,16H,3-6,11-12H2,1-2H3,(H,20,23)(H,21,24). The highest BCUT2D eigenvalue weighted by molar-refractivity contribution is 6.30. The van der Waals surface area contributed by atoms with Gasteiger partial charge >= 0.3 is 0 Å². The second kappa shape index (κ2) is 9.04. The maximum atomic E-state index is 12.1. The molecule has 1 aliphatic carbocycles. The molecule has 5 nitrogen and oxygen atoms in total. The molecule has 1 aliphatic rings. The Bertz CT molecular complexity index is 562. The molecular formula is C18H26ClN3O2. The quantitative estimate of drug-likeness (QED) is 0.828. The molecule has 1 aromatic rings. The van der Waals surface area contributed by atoms with Gasteiger partial charge in [0.25, 0.3) is 0 Å². The minimum atomic E-state index is -0.154. The van der Waals surface area contributed by atoms with Crippen LogP contribution in [0.25, 0.3) is 0 Å². The third-order valence-electron chi connectivity index (χ3n) is 4.41. The van der Waals surface area contributed by atoms with Crippen LogP contribution in [0.2, 0.25) is 5.02 Å². The predicted molar refractivity (Wildman–Crippen MR) is 97.1 cm³/mol. The van der Waals surface area contributed by atoms with Crippen molar-refractivity contribution < 1.29 is 9.59 Å². The van der Waals surface area contributed by atoms with Crippen molar-refractivity contribution in [1.29, 1.82) is 0 Å². The minimum Gasteiger partial charge on any atom is -0.352 e. The summed E-state index contributed by atoms with van der Waals surface area (Å²) < 4.78 is 0. The van der Waals surface area contributed by atoms with Crippen molar-refractivity contribution in [2.45, 2.75) is 38.6 Å². The molecule has 0 saturated heterocycles. The first-order valence-electron chi connectivity index (χ1n) is 8.47. The summed E-state index contributed by atoms with van der Waals surface area (Å²) in [5.74, 6) is 0.357. The van der Waals surface area contributed by atoms with Crippen LogP contribution in [-0.2, 0) is 9.59 Å². The molecule has 2 rings (SSSR count). The third-order valence-corrected chi connectivity index (χ3v) is 4.66. The molecule has 2 unspecified atom stereocenters. The lowest BCUT2D eigenvalue weighted by molar-refractivity contribution is -0.124. The molecule has 0 spiro atoms. The molecule has 132 valence electrons. The first-order chi connectivity index (χ1) is 11.4. The van der Waals surface area contributed by atoms with Gasteiger partial charge in [0.05, 0.1) is 13.1 Å². The number of hydrogen-bond donors (Lipinski definition) is 2. The van der Waals surface area contributed by atoms with Gasteiger partial charge in [-0.1, -0.05) is 31.4 Å². The van der Waals surface area contributed by atoms with E-state index in [0.29, 0.717) is 16.6 Å². The average Bonchev–Trinajstić information content (AvgIpc) is 2.51. The molecule has 0 aromatic heterocycles. The molecule has 2 amide bonds. The third kappa shape index (κ3) is 6.13. The van der Waals surface area contributed by atoms with Crippen LogP contribution >= 0.6 is 11.6 Å². The van der Waals surface area contributed by atoms with E-state index in [1.165, 1.54) is 19.3 Å². The molecule has 0 heterocycles. The fourth-order valence-electron chi connectivity index (χ4n) is 3.06. The van der Waals surface area contributed by atoms with Gasteiger partial charge in [-0.3, -0.25) is 14.5 Å². The van der Waals surface area contributed by atoms with Gasteiger partial charge in [-0.2, -0.15) is 0 Å². The molecule has 2 atom stereocenters. The molecule has 1 saturated carbocycles. The summed E-state index contributed by atoms with van der Waals surface area (Å²) in [7, 11) is 1.77. The zero-order valence-electron chi connectivity index (χ0n) is 14.3. The lowest BCUT2D eigenvalue weighted by Gasteiger charge is -2.30. The van der Waals surface area contributed by atoms with E-state index in [4.69, 9.17) is 11.6 Å². The van der Waals surface area contributed by atoms with E-state index in [2.05, 4.69) is 17.6 Å². The largest absolute Gasteiger partial charge is 0.352 e. The number of benzene rings is 1. The average molecular weight is 352 g/mol. The van der Waals surface area contributed by atoms with E-state index in [9.17, 15) is 9.59 Å². The Hall–Kier alpha value is -1.59. The topological polar surface area (TPSA) is 61.4 Å². The summed E-state index contributed by atoms with van der Waals surface area (Å²) in [6.07, 6.45) is 4.64. The number of carbonyl (C=O) groups excluding carboxylic acids is 2. The van der Waals surface area contributed by atoms with Gasteiger partial charge in [-0.25, -0.2) is 0 Å². The van der Waals surface area contributed by atoms with Crippen LogP contribution in [0, 0.1) is 5.92 Å². The number of nitrogens with zero attached hydrogens (tertiary/aromatic N) is 1. The Balaban J connectivity index is 1.73. The molecule has 6 heteroatoms. The Labute approximate surface area is 148 Å². The number of amides is 2. The smallest absolute Gasteiger partial charge is 0.238 e. The van der Waals surface area contributed by atoms with Crippen LogP contribution in [0.4, 0.5) is 5.69 Å². The molecule has 0 aliphatic heterocycles. The van der Waals surface area contributed by atoms with Gasteiger partial charge in [0, 0.05) is 16.8 Å². The summed E-state index contributed by atoms with van der Waals surface area (Å²) in [5.41, 5.74) is 0.693. The van der Waals surface area contributed by atoms with E-state index in [0.717, 1.165) is 6.42 Å². The van der Waals surface area contributed by atoms with Crippen LogP contribution < -0.4 is 10.6 Å². The summed E-state index contributed by atoms with van der Waals surface area (Å²) in [5, 5.41) is 6.52. The van der Waals surface area contributed by atoms with E-state index in [1.807, 2.05) is 0 Å². The van der Waals surface area contributed by atoms with E-state index >= 15 is 0 Å². The Kier molecular flexibility index (Phi) is 7.06. The van der Waals surface area contributed by atoms with E-state index in [-0.39, 0.29) is 30.9 Å². The van der Waals surface area contributed by atoms with Gasteiger partial charge in [-0.05, 0) is 50.1 Å². The zero-order valence-corrected chi connectivity index (χ0v) is 15.1. The van der Waals surface area contributed by atoms with Crippen LogP contribution in [0.15, 0.2) is 24.3 Å². The molecule has 0 radical (unpaired) electrons. The van der Waals surface area contributed by atoms with Crippen LogP contribution in [0.1, 0.15) is 32.6 Å². The Morgan fingerprint density at radius 1 is 1.12 bits per heavy atom. The zero-order chi connectivity index (χ0) is 17.5. The van der Waals surface area contributed by atoms with Crippen molar-refractivity contribution in [1.82, 2.24) is 10.2 Å². The van der Waals surface area contributed by atoms with E-state index in [1.54, 1.807) is 36.2 Å². The highest BCUT2D eigenvalue weighted by Crippen LogP contribution is 2.23. The Morgan fingerprint density at radius 2 is 1.75 bits per heavy atom. The number of rotatable bonds is 6. The van der Waals surface area contributed by atoms with Gasteiger partial charge in [0.15, 0.2) is 0 Å². The summed E-state index contributed by atoms with van der Waals surface area (Å²) >= 11 is 5.81. The van der Waals surface area contributed by atoms with Crippen molar-refractivity contribution in [3.05, 3.63) is 29.3 Å². The highest BCUT2D eigenvalue weighted by atomic mass is 35.5. The van der Waals surface area contributed by atoms with Gasteiger partial charge in [-0.15, -0.1) is 0 Å². The molecule has 1 aromatic carbocycles. The molecular weight excluding hydrogens is 326 g/mol. The van der Waals surface area contributed by atoms with Crippen LogP contribution in [-0.4, -0.2) is 42.9 Å². The highest BCUT2D eigenvalue weighted by Gasteiger charge is 2.23. The number of halogens is 1. The fraction of sp³-hybridized carbons (Fsp3) is 0.556. The van der Waals surface area contributed by atoms with Crippen molar-refractivity contribution in [2.24, 2.45) is 5.92 Å². The van der Waals surface area contributed by atoms with Gasteiger partial charge in [0.1, 0.15) is 0 Å².